The van der Waals surface area contributed by atoms with Gasteiger partial charge in [-0.25, -0.2) is 9.97 Å². The molecular weight excluding hydrogens is 440 g/mol. The van der Waals surface area contributed by atoms with Gasteiger partial charge in [-0.3, -0.25) is 10.1 Å². The number of nitrogens with zero attached hydrogens (tertiary/aromatic N) is 6. The number of ether oxygens (including phenoxy) is 1. The minimum absolute atomic E-state index is 0.106. The summed E-state index contributed by atoms with van der Waals surface area (Å²) in [6.45, 7) is 4.61. The summed E-state index contributed by atoms with van der Waals surface area (Å²) in [5, 5.41) is 7.71. The van der Waals surface area contributed by atoms with Crippen LogP contribution in [0.15, 0.2) is 42.7 Å². The highest BCUT2D eigenvalue weighted by Gasteiger charge is 2.48. The van der Waals surface area contributed by atoms with E-state index in [1.807, 2.05) is 18.5 Å². The number of aromatic nitrogens is 5. The number of fused-ring (bicyclic) bond motifs is 3. The molecule has 0 unspecified atom stereocenters. The fourth-order valence-electron chi connectivity index (χ4n) is 5.83. The maximum absolute atomic E-state index is 6.70. The van der Waals surface area contributed by atoms with Gasteiger partial charge in [0.1, 0.15) is 17.2 Å². The molecule has 9 nitrogen and oxygen atoms in total. The van der Waals surface area contributed by atoms with Gasteiger partial charge in [-0.05, 0) is 38.0 Å². The number of H-pyrrole nitrogens is 1. The van der Waals surface area contributed by atoms with Gasteiger partial charge in [-0.1, -0.05) is 17.7 Å². The molecule has 3 aliphatic rings. The third-order valence-corrected chi connectivity index (χ3v) is 7.76. The highest BCUT2D eigenvalue weighted by Crippen LogP contribution is 2.47. The molecule has 0 radical (unpaired) electrons. The average Bonchev–Trinajstić information content (AvgIpc) is 3.43. The van der Waals surface area contributed by atoms with Crippen LogP contribution < -0.4 is 20.3 Å². The number of rotatable bonds is 2. The largest absolute Gasteiger partial charge is 0.485 e. The quantitative estimate of drug-likeness (QED) is 0.460. The van der Waals surface area contributed by atoms with Crippen LogP contribution in [0.1, 0.15) is 42.1 Å². The van der Waals surface area contributed by atoms with Crippen LogP contribution in [0.2, 0.25) is 0 Å². The summed E-state index contributed by atoms with van der Waals surface area (Å²) in [5.74, 6) is 2.59. The van der Waals surface area contributed by atoms with Crippen molar-refractivity contribution >= 4 is 28.5 Å². The number of pyridine rings is 1. The van der Waals surface area contributed by atoms with Gasteiger partial charge in [-0.15, -0.1) is 0 Å². The Morgan fingerprint density at radius 1 is 1.14 bits per heavy atom. The first kappa shape index (κ1) is 20.6. The molecule has 6 heterocycles. The van der Waals surface area contributed by atoms with E-state index in [9.17, 15) is 0 Å². The van der Waals surface area contributed by atoms with Gasteiger partial charge >= 0.3 is 0 Å². The average molecular weight is 469 g/mol. The van der Waals surface area contributed by atoms with Gasteiger partial charge in [0, 0.05) is 44.2 Å². The lowest BCUT2D eigenvalue weighted by molar-refractivity contribution is 0.0431. The van der Waals surface area contributed by atoms with Gasteiger partial charge in [-0.2, -0.15) is 5.10 Å². The van der Waals surface area contributed by atoms with Crippen LogP contribution in [0, 0.1) is 6.92 Å². The predicted octanol–water partition coefficient (Wildman–Crippen LogP) is 3.57. The molecule has 7 rings (SSSR count). The first-order valence-corrected chi connectivity index (χ1v) is 12.3. The number of hydrogen-bond donors (Lipinski definition) is 2. The lowest BCUT2D eigenvalue weighted by Crippen LogP contribution is -2.51. The lowest BCUT2D eigenvalue weighted by atomic mass is 9.83. The van der Waals surface area contributed by atoms with E-state index in [0.29, 0.717) is 5.65 Å². The summed E-state index contributed by atoms with van der Waals surface area (Å²) in [6.07, 6.45) is 7.41. The molecule has 9 heteroatoms. The summed E-state index contributed by atoms with van der Waals surface area (Å²) in [7, 11) is 0. The van der Waals surface area contributed by atoms with Gasteiger partial charge in [0.25, 0.3) is 0 Å². The molecule has 1 atom stereocenters. The third-order valence-electron chi connectivity index (χ3n) is 7.76. The number of hydrogen-bond acceptors (Lipinski definition) is 8. The Balaban J connectivity index is 1.12. The van der Waals surface area contributed by atoms with Crippen LogP contribution >= 0.6 is 0 Å². The van der Waals surface area contributed by atoms with E-state index in [-0.39, 0.29) is 11.6 Å². The molecule has 35 heavy (non-hydrogen) atoms. The molecule has 1 fully saturated rings. The summed E-state index contributed by atoms with van der Waals surface area (Å²) in [6, 6.07) is 10.3. The molecule has 3 N–H and O–H groups in total. The van der Waals surface area contributed by atoms with Crippen molar-refractivity contribution in [2.75, 3.05) is 29.4 Å². The molecular formula is C26H28N8O. The van der Waals surface area contributed by atoms with Crippen molar-refractivity contribution in [1.82, 2.24) is 25.1 Å². The van der Waals surface area contributed by atoms with Crippen LogP contribution in [-0.2, 0) is 6.42 Å². The second kappa shape index (κ2) is 7.64. The Morgan fingerprint density at radius 2 is 2.03 bits per heavy atom. The third kappa shape index (κ3) is 3.18. The topological polar surface area (TPSA) is 109 Å². The summed E-state index contributed by atoms with van der Waals surface area (Å²) >= 11 is 0. The molecule has 0 amide bonds. The smallest absolute Gasteiger partial charge is 0.183 e. The van der Waals surface area contributed by atoms with Crippen molar-refractivity contribution in [3.05, 3.63) is 59.5 Å². The number of aryl methyl sites for hydroxylation is 2. The molecule has 178 valence electrons. The normalized spacial score (nSPS) is 20.7. The number of nitrogens with two attached hydrogens (primary N) is 1. The highest BCUT2D eigenvalue weighted by molar-refractivity contribution is 5.87. The Bertz CT molecular complexity index is 1420. The van der Waals surface area contributed by atoms with Crippen LogP contribution in [0.4, 0.5) is 17.3 Å². The van der Waals surface area contributed by atoms with Crippen molar-refractivity contribution in [3.8, 4) is 5.75 Å². The van der Waals surface area contributed by atoms with Crippen molar-refractivity contribution in [2.45, 2.75) is 44.2 Å². The maximum atomic E-state index is 6.70. The first-order chi connectivity index (χ1) is 17.1. The predicted molar refractivity (Wildman–Crippen MR) is 134 cm³/mol. The second-order valence-electron chi connectivity index (χ2n) is 9.87. The van der Waals surface area contributed by atoms with Crippen LogP contribution in [0.25, 0.3) is 11.2 Å². The zero-order valence-corrected chi connectivity index (χ0v) is 19.7. The first-order valence-electron chi connectivity index (χ1n) is 12.3. The maximum Gasteiger partial charge on any atom is 0.183 e. The highest BCUT2D eigenvalue weighted by atomic mass is 16.5. The van der Waals surface area contributed by atoms with Gasteiger partial charge < -0.3 is 20.3 Å². The SMILES string of the molecule is Cc1ccc2c(c1)[C@@H](N)C1(CCN(c3cnc4c(N5CCCc6ncccc65)n[nH]c4n3)CC1)O2. The van der Waals surface area contributed by atoms with Gasteiger partial charge in [0.15, 0.2) is 17.0 Å². The Labute approximate surface area is 203 Å². The number of nitrogens with one attached hydrogen (secondary N) is 1. The molecule has 1 spiro atoms. The molecule has 1 saturated heterocycles. The van der Waals surface area contributed by atoms with Crippen molar-refractivity contribution in [3.63, 3.8) is 0 Å². The van der Waals surface area contributed by atoms with E-state index in [1.54, 1.807) is 0 Å². The van der Waals surface area contributed by atoms with Gasteiger partial charge in [0.2, 0.25) is 0 Å². The van der Waals surface area contributed by atoms with E-state index in [1.165, 1.54) is 5.56 Å². The fourth-order valence-corrected chi connectivity index (χ4v) is 5.83. The summed E-state index contributed by atoms with van der Waals surface area (Å²) in [4.78, 5) is 18.7. The van der Waals surface area contributed by atoms with E-state index in [4.69, 9.17) is 20.4 Å². The minimum Gasteiger partial charge on any atom is -0.485 e. The Morgan fingerprint density at radius 3 is 2.91 bits per heavy atom. The summed E-state index contributed by atoms with van der Waals surface area (Å²) < 4.78 is 6.44. The number of benzene rings is 1. The fraction of sp³-hybridized carbons (Fsp3) is 0.385. The lowest BCUT2D eigenvalue weighted by Gasteiger charge is -2.41. The standard InChI is InChI=1S/C26H28N8O/c1-16-6-7-20-17(14-16)23(27)26(35-20)8-12-33(13-9-26)21-15-29-22-24(30-21)31-32-25(22)34-11-3-4-18-19(34)5-2-10-28-18/h2,5-7,10,14-15,23H,3-4,8-9,11-13,27H2,1H3,(H,30,31,32)/t23-/m1/s1. The Hall–Kier alpha value is -3.72. The Kier molecular flexibility index (Phi) is 4.51. The molecule has 3 aromatic heterocycles. The number of anilines is 3. The number of aromatic amines is 1. The minimum atomic E-state index is -0.346. The van der Waals surface area contributed by atoms with Crippen molar-refractivity contribution < 1.29 is 4.74 Å². The van der Waals surface area contributed by atoms with Gasteiger partial charge in [0.05, 0.1) is 23.6 Å². The summed E-state index contributed by atoms with van der Waals surface area (Å²) in [5.41, 5.74) is 12.4. The monoisotopic (exact) mass is 468 g/mol. The zero-order chi connectivity index (χ0) is 23.6. The van der Waals surface area contributed by atoms with Crippen molar-refractivity contribution in [1.29, 1.82) is 0 Å². The molecule has 1 aromatic carbocycles. The molecule has 0 aliphatic carbocycles. The number of piperidine rings is 1. The van der Waals surface area contributed by atoms with E-state index >= 15 is 0 Å². The van der Waals surface area contributed by atoms with E-state index in [2.05, 4.69) is 56.2 Å². The van der Waals surface area contributed by atoms with E-state index in [0.717, 1.165) is 85.2 Å². The van der Waals surface area contributed by atoms with Crippen LogP contribution in [-0.4, -0.2) is 50.4 Å². The van der Waals surface area contributed by atoms with Crippen LogP contribution in [0.3, 0.4) is 0 Å². The molecule has 0 bridgehead atoms. The van der Waals surface area contributed by atoms with Crippen LogP contribution in [0.5, 0.6) is 5.75 Å². The second-order valence-corrected chi connectivity index (χ2v) is 9.87. The molecule has 4 aromatic rings. The molecule has 0 saturated carbocycles. The zero-order valence-electron chi connectivity index (χ0n) is 19.7. The van der Waals surface area contributed by atoms with E-state index < -0.39 is 0 Å². The van der Waals surface area contributed by atoms with Crippen molar-refractivity contribution in [2.24, 2.45) is 5.73 Å². The molecule has 3 aliphatic heterocycles.